The molecule has 6 nitrogen and oxygen atoms in total. The summed E-state index contributed by atoms with van der Waals surface area (Å²) < 4.78 is 27.7. The molecule has 1 unspecified atom stereocenters. The Hall–Kier alpha value is -1.44. The summed E-state index contributed by atoms with van der Waals surface area (Å²) in [7, 11) is -3.82. The Morgan fingerprint density at radius 2 is 2.06 bits per heavy atom. The summed E-state index contributed by atoms with van der Waals surface area (Å²) in [6.07, 6.45) is -0.748. The predicted molar refractivity (Wildman–Crippen MR) is 54.7 cm³/mol. The van der Waals surface area contributed by atoms with Crippen molar-refractivity contribution in [2.75, 3.05) is 6.61 Å². The molecular formula is C9H10N2O4S. The first kappa shape index (κ1) is 11.1. The number of nitrogens with two attached hydrogens (primary N) is 1. The van der Waals surface area contributed by atoms with Gasteiger partial charge < -0.3 is 10.1 Å². The molecule has 16 heavy (non-hydrogen) atoms. The van der Waals surface area contributed by atoms with E-state index in [1.54, 1.807) is 18.2 Å². The second-order valence-electron chi connectivity index (χ2n) is 3.34. The maximum atomic E-state index is 11.3. The Kier molecular flexibility index (Phi) is 2.66. The van der Waals surface area contributed by atoms with Gasteiger partial charge in [-0.3, -0.25) is 4.79 Å². The van der Waals surface area contributed by atoms with Gasteiger partial charge in [0, 0.05) is 5.56 Å². The Morgan fingerprint density at radius 1 is 1.38 bits per heavy atom. The van der Waals surface area contributed by atoms with Crippen LogP contribution >= 0.6 is 0 Å². The lowest BCUT2D eigenvalue weighted by molar-refractivity contribution is -0.119. The average molecular weight is 242 g/mol. The van der Waals surface area contributed by atoms with Gasteiger partial charge in [0.05, 0.1) is 4.90 Å². The summed E-state index contributed by atoms with van der Waals surface area (Å²) in [5.41, 5.74) is 0.343. The molecular weight excluding hydrogens is 232 g/mol. The number of ether oxygens (including phenoxy) is 1. The molecule has 1 aliphatic rings. The third kappa shape index (κ3) is 2.06. The maximum Gasteiger partial charge on any atom is 0.248 e. The van der Waals surface area contributed by atoms with Crippen LogP contribution < -0.4 is 10.5 Å². The minimum atomic E-state index is -3.82. The minimum absolute atomic E-state index is 0.0396. The number of carbonyl (C=O) groups is 1. The van der Waals surface area contributed by atoms with Crippen molar-refractivity contribution in [2.24, 2.45) is 5.14 Å². The van der Waals surface area contributed by atoms with E-state index in [0.717, 1.165) is 0 Å². The van der Waals surface area contributed by atoms with Crippen LogP contribution in [0.25, 0.3) is 0 Å². The van der Waals surface area contributed by atoms with Gasteiger partial charge in [0.15, 0.2) is 6.23 Å². The fraction of sp³-hybridized carbons (Fsp3) is 0.222. The van der Waals surface area contributed by atoms with Crippen LogP contribution in [0, 0.1) is 0 Å². The molecule has 1 fully saturated rings. The van der Waals surface area contributed by atoms with Crippen molar-refractivity contribution in [1.82, 2.24) is 5.32 Å². The number of carbonyl (C=O) groups excluding carboxylic acids is 1. The third-order valence-electron chi connectivity index (χ3n) is 2.18. The van der Waals surface area contributed by atoms with Gasteiger partial charge in [0.2, 0.25) is 15.9 Å². The molecule has 0 spiro atoms. The summed E-state index contributed by atoms with van der Waals surface area (Å²) in [5.74, 6) is -0.283. The first-order valence-corrected chi connectivity index (χ1v) is 6.06. The van der Waals surface area contributed by atoms with Crippen molar-refractivity contribution in [2.45, 2.75) is 11.1 Å². The fourth-order valence-electron chi connectivity index (χ4n) is 1.51. The highest BCUT2D eigenvalue weighted by Crippen LogP contribution is 2.24. The summed E-state index contributed by atoms with van der Waals surface area (Å²) >= 11 is 0. The molecule has 0 aromatic heterocycles. The first-order chi connectivity index (χ1) is 7.48. The smallest absolute Gasteiger partial charge is 0.248 e. The fourth-order valence-corrected chi connectivity index (χ4v) is 2.28. The number of amides is 1. The zero-order valence-electron chi connectivity index (χ0n) is 8.21. The third-order valence-corrected chi connectivity index (χ3v) is 3.17. The van der Waals surface area contributed by atoms with Gasteiger partial charge in [0.25, 0.3) is 0 Å². The SMILES string of the molecule is NS(=O)(=O)c1ccccc1C1NC(=O)CO1. The molecule has 0 bridgehead atoms. The second kappa shape index (κ2) is 3.85. The molecule has 7 heteroatoms. The molecule has 1 atom stereocenters. The lowest BCUT2D eigenvalue weighted by Gasteiger charge is -2.13. The van der Waals surface area contributed by atoms with Crippen molar-refractivity contribution in [3.05, 3.63) is 29.8 Å². The monoisotopic (exact) mass is 242 g/mol. The Bertz CT molecular complexity index is 526. The second-order valence-corrected chi connectivity index (χ2v) is 4.87. The Morgan fingerprint density at radius 3 is 2.62 bits per heavy atom. The molecule has 2 rings (SSSR count). The molecule has 3 N–H and O–H groups in total. The van der Waals surface area contributed by atoms with E-state index in [1.807, 2.05) is 0 Å². The van der Waals surface area contributed by atoms with E-state index >= 15 is 0 Å². The quantitative estimate of drug-likeness (QED) is 0.729. The van der Waals surface area contributed by atoms with Crippen molar-refractivity contribution < 1.29 is 17.9 Å². The van der Waals surface area contributed by atoms with Crippen LogP contribution in [-0.2, 0) is 19.6 Å². The van der Waals surface area contributed by atoms with E-state index < -0.39 is 16.3 Å². The van der Waals surface area contributed by atoms with Crippen LogP contribution in [0.15, 0.2) is 29.2 Å². The molecule has 0 aliphatic carbocycles. The van der Waals surface area contributed by atoms with Crippen LogP contribution in [0.4, 0.5) is 0 Å². The summed E-state index contributed by atoms with van der Waals surface area (Å²) in [6.45, 7) is -0.0797. The van der Waals surface area contributed by atoms with E-state index in [0.29, 0.717) is 5.56 Å². The lowest BCUT2D eigenvalue weighted by Crippen LogP contribution is -2.23. The highest BCUT2D eigenvalue weighted by atomic mass is 32.2. The van der Waals surface area contributed by atoms with Crippen LogP contribution in [0.5, 0.6) is 0 Å². The molecule has 1 heterocycles. The molecule has 1 aliphatic heterocycles. The molecule has 1 aromatic carbocycles. The lowest BCUT2D eigenvalue weighted by atomic mass is 10.2. The van der Waals surface area contributed by atoms with Crippen molar-refractivity contribution in [3.8, 4) is 0 Å². The van der Waals surface area contributed by atoms with Gasteiger partial charge in [-0.2, -0.15) is 0 Å². The van der Waals surface area contributed by atoms with E-state index in [1.165, 1.54) is 6.07 Å². The summed E-state index contributed by atoms with van der Waals surface area (Å²) in [5, 5.41) is 7.57. The van der Waals surface area contributed by atoms with E-state index in [9.17, 15) is 13.2 Å². The van der Waals surface area contributed by atoms with Crippen LogP contribution in [0.3, 0.4) is 0 Å². The van der Waals surface area contributed by atoms with Crippen molar-refractivity contribution >= 4 is 15.9 Å². The Labute approximate surface area is 92.4 Å². The summed E-state index contributed by atoms with van der Waals surface area (Å²) in [4.78, 5) is 10.9. The number of hydrogen-bond donors (Lipinski definition) is 2. The molecule has 86 valence electrons. The maximum absolute atomic E-state index is 11.3. The van der Waals surface area contributed by atoms with E-state index in [-0.39, 0.29) is 17.4 Å². The zero-order chi connectivity index (χ0) is 11.8. The Balaban J connectivity index is 2.45. The topological polar surface area (TPSA) is 98.5 Å². The van der Waals surface area contributed by atoms with Crippen molar-refractivity contribution in [3.63, 3.8) is 0 Å². The molecule has 0 saturated carbocycles. The van der Waals surface area contributed by atoms with Gasteiger partial charge in [-0.1, -0.05) is 18.2 Å². The van der Waals surface area contributed by atoms with Gasteiger partial charge in [-0.25, -0.2) is 13.6 Å². The van der Waals surface area contributed by atoms with Crippen LogP contribution in [0.1, 0.15) is 11.8 Å². The van der Waals surface area contributed by atoms with Gasteiger partial charge in [-0.05, 0) is 6.07 Å². The number of rotatable bonds is 2. The first-order valence-electron chi connectivity index (χ1n) is 4.51. The molecule has 1 amide bonds. The molecule has 0 radical (unpaired) electrons. The van der Waals surface area contributed by atoms with Gasteiger partial charge in [-0.15, -0.1) is 0 Å². The number of primary sulfonamides is 1. The number of nitrogens with one attached hydrogen (secondary N) is 1. The van der Waals surface area contributed by atoms with E-state index in [2.05, 4.69) is 5.32 Å². The standard InChI is InChI=1S/C9H10N2O4S/c10-16(13,14)7-4-2-1-3-6(7)9-11-8(12)5-15-9/h1-4,9H,5H2,(H,11,12)(H2,10,13,14). The van der Waals surface area contributed by atoms with Crippen LogP contribution in [-0.4, -0.2) is 20.9 Å². The summed E-state index contributed by atoms with van der Waals surface area (Å²) in [6, 6.07) is 6.13. The van der Waals surface area contributed by atoms with Gasteiger partial charge in [0.1, 0.15) is 6.61 Å². The van der Waals surface area contributed by atoms with E-state index in [4.69, 9.17) is 9.88 Å². The highest BCUT2D eigenvalue weighted by Gasteiger charge is 2.27. The minimum Gasteiger partial charge on any atom is -0.344 e. The zero-order valence-corrected chi connectivity index (χ0v) is 9.03. The predicted octanol–water partition coefficient (Wildman–Crippen LogP) is -0.521. The molecule has 1 saturated heterocycles. The number of sulfonamides is 1. The number of hydrogen-bond acceptors (Lipinski definition) is 4. The van der Waals surface area contributed by atoms with Crippen LogP contribution in [0.2, 0.25) is 0 Å². The van der Waals surface area contributed by atoms with Crippen molar-refractivity contribution in [1.29, 1.82) is 0 Å². The highest BCUT2D eigenvalue weighted by molar-refractivity contribution is 7.89. The van der Waals surface area contributed by atoms with Gasteiger partial charge >= 0.3 is 0 Å². The molecule has 1 aromatic rings. The largest absolute Gasteiger partial charge is 0.344 e. The normalized spacial score (nSPS) is 20.8. The average Bonchev–Trinajstić information content (AvgIpc) is 2.64. The number of benzene rings is 1.